The summed E-state index contributed by atoms with van der Waals surface area (Å²) in [6.07, 6.45) is 13.5. The summed E-state index contributed by atoms with van der Waals surface area (Å²) in [7, 11) is 0. The Morgan fingerprint density at radius 1 is 0.658 bits per heavy atom. The number of hydrogen-bond acceptors (Lipinski definition) is 2. The van der Waals surface area contributed by atoms with Crippen molar-refractivity contribution in [2.24, 2.45) is 0 Å². The lowest BCUT2D eigenvalue weighted by Crippen LogP contribution is -1.97. The Morgan fingerprint density at radius 2 is 1.47 bits per heavy atom. The Balaban J connectivity index is 1.19. The molecule has 0 spiro atoms. The van der Waals surface area contributed by atoms with Gasteiger partial charge in [-0.25, -0.2) is 0 Å². The summed E-state index contributed by atoms with van der Waals surface area (Å²) in [6, 6.07) is 35.3. The van der Waals surface area contributed by atoms with Crippen molar-refractivity contribution in [2.75, 3.05) is 5.32 Å². The topological polar surface area (TPSA) is 12.0 Å². The van der Waals surface area contributed by atoms with Crippen LogP contribution in [-0.2, 0) is 6.42 Å². The molecule has 0 radical (unpaired) electrons. The maximum atomic E-state index is 3.71. The molecule has 0 bridgehead atoms. The molecule has 0 aliphatic heterocycles. The third-order valence-electron chi connectivity index (χ3n) is 7.65. The number of anilines is 2. The Kier molecular flexibility index (Phi) is 6.03. The van der Waals surface area contributed by atoms with Crippen LogP contribution in [0.1, 0.15) is 40.8 Å². The number of thiophene rings is 1. The van der Waals surface area contributed by atoms with Crippen LogP contribution in [0.15, 0.2) is 115 Å². The van der Waals surface area contributed by atoms with E-state index in [2.05, 4.69) is 127 Å². The van der Waals surface area contributed by atoms with Crippen LogP contribution < -0.4 is 5.32 Å². The van der Waals surface area contributed by atoms with E-state index in [0.29, 0.717) is 0 Å². The quantitative estimate of drug-likeness (QED) is 0.249. The van der Waals surface area contributed by atoms with Gasteiger partial charge in [-0.2, -0.15) is 0 Å². The van der Waals surface area contributed by atoms with Gasteiger partial charge in [0.25, 0.3) is 0 Å². The lowest BCUT2D eigenvalue weighted by molar-refractivity contribution is 1.03. The van der Waals surface area contributed by atoms with Gasteiger partial charge in [0.15, 0.2) is 0 Å². The van der Waals surface area contributed by atoms with E-state index >= 15 is 0 Å². The van der Waals surface area contributed by atoms with E-state index in [1.807, 2.05) is 11.3 Å². The van der Waals surface area contributed by atoms with Crippen LogP contribution in [-0.4, -0.2) is 0 Å². The van der Waals surface area contributed by atoms with Gasteiger partial charge in [-0.15, -0.1) is 11.3 Å². The largest absolute Gasteiger partial charge is 0.355 e. The Hall–Kier alpha value is -4.14. The number of para-hydroxylation sites is 1. The summed E-state index contributed by atoms with van der Waals surface area (Å²) in [5.41, 5.74) is 11.6. The molecule has 0 amide bonds. The van der Waals surface area contributed by atoms with Crippen LogP contribution >= 0.6 is 11.3 Å². The van der Waals surface area contributed by atoms with Crippen molar-refractivity contribution < 1.29 is 0 Å². The second-order valence-electron chi connectivity index (χ2n) is 10.1. The van der Waals surface area contributed by atoms with Crippen molar-refractivity contribution in [3.05, 3.63) is 137 Å². The number of nitrogens with one attached hydrogen (secondary N) is 1. The maximum absolute atomic E-state index is 3.71. The highest BCUT2D eigenvalue weighted by Gasteiger charge is 2.17. The zero-order valence-electron chi connectivity index (χ0n) is 21.3. The first-order chi connectivity index (χ1) is 18.8. The van der Waals surface area contributed by atoms with Crippen LogP contribution in [0.3, 0.4) is 0 Å². The molecule has 0 atom stereocenters. The second kappa shape index (κ2) is 9.96. The van der Waals surface area contributed by atoms with Crippen molar-refractivity contribution in [1.82, 2.24) is 0 Å². The van der Waals surface area contributed by atoms with E-state index < -0.39 is 0 Å². The number of benzene rings is 4. The molecule has 0 fully saturated rings. The summed E-state index contributed by atoms with van der Waals surface area (Å²) >= 11 is 1.95. The SMILES string of the molecule is C1=CCCC(c2ccccc2Nc2cccc(-c3cccc(C4=Cc5c(sc6ccccc56)CC4)c3)c2)=C1. The fourth-order valence-corrected chi connectivity index (χ4v) is 6.89. The lowest BCUT2D eigenvalue weighted by Gasteiger charge is -2.17. The van der Waals surface area contributed by atoms with Crippen LogP contribution in [0, 0.1) is 0 Å². The van der Waals surface area contributed by atoms with Crippen molar-refractivity contribution in [2.45, 2.75) is 25.7 Å². The van der Waals surface area contributed by atoms with E-state index in [-0.39, 0.29) is 0 Å². The van der Waals surface area contributed by atoms with Crippen molar-refractivity contribution in [3.8, 4) is 11.1 Å². The van der Waals surface area contributed by atoms with Gasteiger partial charge in [-0.1, -0.05) is 85.0 Å². The number of hydrogen-bond donors (Lipinski definition) is 1. The number of aryl methyl sites for hydroxylation is 1. The molecular formula is C36H29NS. The Bertz CT molecular complexity index is 1750. The first-order valence-corrected chi connectivity index (χ1v) is 14.3. The maximum Gasteiger partial charge on any atom is 0.0460 e. The zero-order chi connectivity index (χ0) is 25.3. The van der Waals surface area contributed by atoms with Crippen LogP contribution in [0.25, 0.3) is 38.4 Å². The summed E-state index contributed by atoms with van der Waals surface area (Å²) in [6.45, 7) is 0. The summed E-state index contributed by atoms with van der Waals surface area (Å²) < 4.78 is 1.39. The monoisotopic (exact) mass is 507 g/mol. The molecule has 0 saturated heterocycles. The van der Waals surface area contributed by atoms with E-state index in [0.717, 1.165) is 37.1 Å². The first-order valence-electron chi connectivity index (χ1n) is 13.5. The minimum Gasteiger partial charge on any atom is -0.355 e. The van der Waals surface area contributed by atoms with Gasteiger partial charge < -0.3 is 5.32 Å². The van der Waals surface area contributed by atoms with Gasteiger partial charge in [-0.05, 0) is 101 Å². The van der Waals surface area contributed by atoms with Crippen molar-refractivity contribution >= 4 is 50.0 Å². The smallest absolute Gasteiger partial charge is 0.0460 e. The van der Waals surface area contributed by atoms with Crippen molar-refractivity contribution in [3.63, 3.8) is 0 Å². The molecule has 0 unspecified atom stereocenters. The molecule has 2 heteroatoms. The van der Waals surface area contributed by atoms with Crippen molar-refractivity contribution in [1.29, 1.82) is 0 Å². The average Bonchev–Trinajstić information content (AvgIpc) is 3.36. The molecule has 4 aromatic carbocycles. The fraction of sp³-hybridized carbons (Fsp3) is 0.111. The van der Waals surface area contributed by atoms with E-state index in [1.54, 1.807) is 0 Å². The molecule has 38 heavy (non-hydrogen) atoms. The molecular weight excluding hydrogens is 478 g/mol. The van der Waals surface area contributed by atoms with Gasteiger partial charge in [-0.3, -0.25) is 0 Å². The minimum atomic E-state index is 1.08. The molecule has 7 rings (SSSR count). The fourth-order valence-electron chi connectivity index (χ4n) is 5.71. The number of fused-ring (bicyclic) bond motifs is 3. The molecule has 2 aliphatic rings. The normalized spacial score (nSPS) is 14.6. The average molecular weight is 508 g/mol. The molecule has 1 N–H and O–H groups in total. The third kappa shape index (κ3) is 4.42. The van der Waals surface area contributed by atoms with Gasteiger partial charge in [0.2, 0.25) is 0 Å². The summed E-state index contributed by atoms with van der Waals surface area (Å²) in [5, 5.41) is 5.10. The molecule has 1 heterocycles. The highest BCUT2D eigenvalue weighted by Crippen LogP contribution is 2.40. The van der Waals surface area contributed by atoms with Gasteiger partial charge in [0, 0.05) is 26.5 Å². The van der Waals surface area contributed by atoms with Gasteiger partial charge in [0.05, 0.1) is 0 Å². The summed E-state index contributed by atoms with van der Waals surface area (Å²) in [5.74, 6) is 0. The molecule has 5 aromatic rings. The minimum absolute atomic E-state index is 1.08. The number of allylic oxidation sites excluding steroid dienone is 5. The standard InChI is InChI=1S/C36H29NS/c1-2-10-25(11-3-1)31-16-4-6-18-34(31)37-30-15-9-14-28(23-30)26-12-8-13-27(22-26)29-20-21-36-33(24-29)32-17-5-7-19-35(32)38-36/h1-2,4-10,12-19,22-24,37H,3,11,20-21H2. The molecule has 1 nitrogen and oxygen atoms in total. The second-order valence-corrected chi connectivity index (χ2v) is 11.2. The lowest BCUT2D eigenvalue weighted by atomic mass is 9.90. The van der Waals surface area contributed by atoms with Gasteiger partial charge in [0.1, 0.15) is 0 Å². The highest BCUT2D eigenvalue weighted by molar-refractivity contribution is 7.19. The molecule has 0 saturated carbocycles. The molecule has 2 aliphatic carbocycles. The predicted molar refractivity (Wildman–Crippen MR) is 166 cm³/mol. The van der Waals surface area contributed by atoms with E-state index in [9.17, 15) is 0 Å². The van der Waals surface area contributed by atoms with Crippen LogP contribution in [0.2, 0.25) is 0 Å². The third-order valence-corrected chi connectivity index (χ3v) is 8.89. The van der Waals surface area contributed by atoms with Crippen LogP contribution in [0.5, 0.6) is 0 Å². The highest BCUT2D eigenvalue weighted by atomic mass is 32.1. The zero-order valence-corrected chi connectivity index (χ0v) is 22.1. The predicted octanol–water partition coefficient (Wildman–Crippen LogP) is 10.5. The van der Waals surface area contributed by atoms with E-state index in [1.165, 1.54) is 53.9 Å². The Morgan fingerprint density at radius 3 is 2.39 bits per heavy atom. The molecule has 1 aromatic heterocycles. The molecule has 184 valence electrons. The first kappa shape index (κ1) is 23.0. The van der Waals surface area contributed by atoms with Crippen LogP contribution in [0.4, 0.5) is 11.4 Å². The number of rotatable bonds is 5. The Labute approximate surface area is 228 Å². The van der Waals surface area contributed by atoms with Gasteiger partial charge >= 0.3 is 0 Å². The summed E-state index contributed by atoms with van der Waals surface area (Å²) in [4.78, 5) is 1.52. The van der Waals surface area contributed by atoms with E-state index in [4.69, 9.17) is 0 Å².